The van der Waals surface area contributed by atoms with Gasteiger partial charge in [0.05, 0.1) is 12.0 Å². The molecule has 0 aromatic heterocycles. The molecule has 0 amide bonds. The number of benzene rings is 1. The van der Waals surface area contributed by atoms with Gasteiger partial charge in [-0.2, -0.15) is 0 Å². The number of hydrogen-bond acceptors (Lipinski definition) is 2. The van der Waals surface area contributed by atoms with Gasteiger partial charge in [0.2, 0.25) is 0 Å². The quantitative estimate of drug-likeness (QED) is 0.790. The fourth-order valence-corrected chi connectivity index (χ4v) is 3.71. The highest BCUT2D eigenvalue weighted by Crippen LogP contribution is 2.44. The van der Waals surface area contributed by atoms with Gasteiger partial charge < -0.3 is 5.11 Å². The molecule has 0 aliphatic heterocycles. The molecule has 0 saturated heterocycles. The molecule has 0 unspecified atom stereocenters. The number of hydrogen-bond donors (Lipinski definition) is 1. The molecule has 0 radical (unpaired) electrons. The van der Waals surface area contributed by atoms with Crippen LogP contribution >= 0.6 is 0 Å². The molecule has 1 aromatic carbocycles. The Labute approximate surface area is 134 Å². The second-order valence-electron chi connectivity index (χ2n) is 7.27. The molecular formula is C20H28O2. The maximum absolute atomic E-state index is 12.2. The Morgan fingerprint density at radius 1 is 1.27 bits per heavy atom. The minimum absolute atomic E-state index is 0.0676. The zero-order valence-electron chi connectivity index (χ0n) is 14.2. The van der Waals surface area contributed by atoms with Crippen LogP contribution in [-0.2, 0) is 4.79 Å². The first kappa shape index (κ1) is 17.0. The lowest BCUT2D eigenvalue weighted by atomic mass is 9.69. The number of ketones is 1. The summed E-state index contributed by atoms with van der Waals surface area (Å²) >= 11 is 0. The Balaban J connectivity index is 2.28. The third-order valence-corrected chi connectivity index (χ3v) is 5.15. The van der Waals surface area contributed by atoms with Gasteiger partial charge in [0.15, 0.2) is 0 Å². The summed E-state index contributed by atoms with van der Waals surface area (Å²) in [6.07, 6.45) is 3.44. The third-order valence-electron chi connectivity index (χ3n) is 5.15. The lowest BCUT2D eigenvalue weighted by molar-refractivity contribution is -0.124. The van der Waals surface area contributed by atoms with Crippen molar-refractivity contribution in [3.63, 3.8) is 0 Å². The molecule has 2 atom stereocenters. The number of allylic oxidation sites excluding steroid dienone is 2. The fourth-order valence-electron chi connectivity index (χ4n) is 3.71. The second-order valence-corrected chi connectivity index (χ2v) is 7.27. The van der Waals surface area contributed by atoms with E-state index in [1.807, 2.05) is 30.3 Å². The first-order valence-corrected chi connectivity index (χ1v) is 8.25. The molecule has 1 aliphatic rings. The van der Waals surface area contributed by atoms with Crippen molar-refractivity contribution in [3.05, 3.63) is 47.0 Å². The summed E-state index contributed by atoms with van der Waals surface area (Å²) < 4.78 is 0. The van der Waals surface area contributed by atoms with Crippen molar-refractivity contribution < 1.29 is 9.90 Å². The van der Waals surface area contributed by atoms with Crippen LogP contribution in [0.25, 0.3) is 0 Å². The van der Waals surface area contributed by atoms with Crippen LogP contribution in [0, 0.1) is 11.3 Å². The molecule has 0 saturated carbocycles. The van der Waals surface area contributed by atoms with E-state index in [0.29, 0.717) is 6.42 Å². The summed E-state index contributed by atoms with van der Waals surface area (Å²) in [5.74, 6) is -0.289. The minimum Gasteiger partial charge on any atom is -0.388 e. The summed E-state index contributed by atoms with van der Waals surface area (Å²) in [6.45, 7) is 8.30. The summed E-state index contributed by atoms with van der Waals surface area (Å²) in [7, 11) is 0. The highest BCUT2D eigenvalue weighted by atomic mass is 16.3. The zero-order valence-corrected chi connectivity index (χ0v) is 14.2. The van der Waals surface area contributed by atoms with Crippen molar-refractivity contribution >= 4 is 5.78 Å². The summed E-state index contributed by atoms with van der Waals surface area (Å²) in [5, 5.41) is 10.7. The first-order chi connectivity index (χ1) is 10.3. The molecule has 22 heavy (non-hydrogen) atoms. The van der Waals surface area contributed by atoms with Gasteiger partial charge in [-0.3, -0.25) is 4.79 Å². The van der Waals surface area contributed by atoms with Crippen molar-refractivity contribution in [2.45, 2.75) is 59.5 Å². The van der Waals surface area contributed by atoms with E-state index in [0.717, 1.165) is 18.4 Å². The molecule has 0 fully saturated rings. The molecule has 0 spiro atoms. The van der Waals surface area contributed by atoms with Crippen LogP contribution in [0.4, 0.5) is 0 Å². The average molecular weight is 300 g/mol. The van der Waals surface area contributed by atoms with E-state index in [-0.39, 0.29) is 17.1 Å². The van der Waals surface area contributed by atoms with Crippen molar-refractivity contribution in [2.24, 2.45) is 11.3 Å². The van der Waals surface area contributed by atoms with Crippen LogP contribution in [0.5, 0.6) is 0 Å². The van der Waals surface area contributed by atoms with Gasteiger partial charge >= 0.3 is 0 Å². The Bertz CT molecular complexity index is 554. The molecule has 120 valence electrons. The molecular weight excluding hydrogens is 272 g/mol. The van der Waals surface area contributed by atoms with Gasteiger partial charge in [-0.1, -0.05) is 55.3 Å². The molecule has 2 rings (SSSR count). The van der Waals surface area contributed by atoms with Gasteiger partial charge in [-0.15, -0.1) is 0 Å². The third kappa shape index (κ3) is 3.67. The van der Waals surface area contributed by atoms with Crippen LogP contribution in [0.2, 0.25) is 0 Å². The van der Waals surface area contributed by atoms with Gasteiger partial charge in [0, 0.05) is 0 Å². The lowest BCUT2D eigenvalue weighted by Gasteiger charge is -2.37. The lowest BCUT2D eigenvalue weighted by Crippen LogP contribution is -2.27. The summed E-state index contributed by atoms with van der Waals surface area (Å²) in [6, 6.07) is 9.53. The smallest absolute Gasteiger partial charge is 0.136 e. The van der Waals surface area contributed by atoms with E-state index < -0.39 is 6.10 Å². The zero-order chi connectivity index (χ0) is 16.3. The second kappa shape index (κ2) is 6.78. The van der Waals surface area contributed by atoms with Crippen LogP contribution in [-0.4, -0.2) is 10.9 Å². The Morgan fingerprint density at radius 3 is 2.45 bits per heavy atom. The van der Waals surface area contributed by atoms with Gasteiger partial charge in [-0.05, 0) is 50.5 Å². The molecule has 0 heterocycles. The predicted molar refractivity (Wildman–Crippen MR) is 90.5 cm³/mol. The maximum Gasteiger partial charge on any atom is 0.136 e. The van der Waals surface area contributed by atoms with Crippen molar-refractivity contribution in [1.29, 1.82) is 0 Å². The van der Waals surface area contributed by atoms with Crippen molar-refractivity contribution in [2.75, 3.05) is 0 Å². The molecule has 2 nitrogen and oxygen atoms in total. The molecule has 0 bridgehead atoms. The largest absolute Gasteiger partial charge is 0.388 e. The average Bonchev–Trinajstić information content (AvgIpc) is 2.46. The van der Waals surface area contributed by atoms with Crippen LogP contribution in [0.15, 0.2) is 41.5 Å². The Hall–Kier alpha value is -1.41. The van der Waals surface area contributed by atoms with E-state index in [2.05, 4.69) is 20.8 Å². The summed E-state index contributed by atoms with van der Waals surface area (Å²) in [4.78, 5) is 12.2. The number of carbonyl (C=O) groups is 1. The number of Topliss-reactive ketones (excluding diaryl/α,β-unsaturated/α-hetero) is 1. The van der Waals surface area contributed by atoms with E-state index in [1.165, 1.54) is 17.6 Å². The predicted octanol–water partition coefficient (Wildman–Crippen LogP) is 4.84. The normalized spacial score (nSPS) is 20.6. The van der Waals surface area contributed by atoms with Crippen LogP contribution < -0.4 is 0 Å². The number of carbonyl (C=O) groups excluding carboxylic acids is 1. The molecule has 1 aromatic rings. The van der Waals surface area contributed by atoms with Crippen molar-refractivity contribution in [1.82, 2.24) is 0 Å². The Kier molecular flexibility index (Phi) is 5.23. The van der Waals surface area contributed by atoms with Gasteiger partial charge in [0.1, 0.15) is 5.78 Å². The molecule has 1 N–H and O–H groups in total. The van der Waals surface area contributed by atoms with Gasteiger partial charge in [0.25, 0.3) is 0 Å². The van der Waals surface area contributed by atoms with Gasteiger partial charge in [-0.25, -0.2) is 0 Å². The number of aliphatic hydroxyl groups excluding tert-OH is 1. The fraction of sp³-hybridized carbons (Fsp3) is 0.550. The van der Waals surface area contributed by atoms with Crippen LogP contribution in [0.1, 0.15) is 65.0 Å². The number of rotatable bonds is 5. The SMILES string of the molecule is CC(=O)[C@@H](CC1=C(C)CCCC1(C)C)[C@H](O)c1ccccc1. The van der Waals surface area contributed by atoms with Crippen LogP contribution in [0.3, 0.4) is 0 Å². The van der Waals surface area contributed by atoms with Crippen molar-refractivity contribution in [3.8, 4) is 0 Å². The maximum atomic E-state index is 12.2. The standard InChI is InChI=1S/C20H28O2/c1-14-9-8-12-20(3,4)18(14)13-17(15(2)21)19(22)16-10-6-5-7-11-16/h5-7,10-11,17,19,22H,8-9,12-13H2,1-4H3/t17-,19-/m1/s1. The molecule has 2 heteroatoms. The van der Waals surface area contributed by atoms with E-state index in [1.54, 1.807) is 6.92 Å². The van der Waals surface area contributed by atoms with E-state index in [4.69, 9.17) is 0 Å². The minimum atomic E-state index is -0.725. The van der Waals surface area contributed by atoms with E-state index >= 15 is 0 Å². The highest BCUT2D eigenvalue weighted by molar-refractivity contribution is 5.79. The topological polar surface area (TPSA) is 37.3 Å². The Morgan fingerprint density at radius 2 is 1.91 bits per heavy atom. The monoisotopic (exact) mass is 300 g/mol. The first-order valence-electron chi connectivity index (χ1n) is 8.25. The highest BCUT2D eigenvalue weighted by Gasteiger charge is 2.34. The summed E-state index contributed by atoms with van der Waals surface area (Å²) in [5.41, 5.74) is 3.73. The van der Waals surface area contributed by atoms with E-state index in [9.17, 15) is 9.90 Å². The number of aliphatic hydroxyl groups is 1. The molecule has 1 aliphatic carbocycles.